The molecule has 140 valence electrons. The number of likely N-dealkylation sites (tertiary alicyclic amines) is 1. The smallest absolute Gasteiger partial charge is 0.111 e. The van der Waals surface area contributed by atoms with Gasteiger partial charge in [0.05, 0.1) is 0 Å². The summed E-state index contributed by atoms with van der Waals surface area (Å²) < 4.78 is 2.36. The highest BCUT2D eigenvalue weighted by molar-refractivity contribution is 7.80. The van der Waals surface area contributed by atoms with Gasteiger partial charge in [0.25, 0.3) is 0 Å². The predicted molar refractivity (Wildman–Crippen MR) is 122 cm³/mol. The van der Waals surface area contributed by atoms with Crippen molar-refractivity contribution >= 4 is 38.9 Å². The Morgan fingerprint density at radius 1 is 0.786 bits per heavy atom. The van der Waals surface area contributed by atoms with E-state index in [1.54, 1.807) is 0 Å². The third kappa shape index (κ3) is 3.10. The average Bonchev–Trinajstić information content (AvgIpc) is 3.13. The first-order valence-corrected chi connectivity index (χ1v) is 10.6. The van der Waals surface area contributed by atoms with Crippen LogP contribution in [0.1, 0.15) is 30.4 Å². The Morgan fingerprint density at radius 3 is 2.36 bits per heavy atom. The summed E-state index contributed by atoms with van der Waals surface area (Å²) in [6, 6.07) is 23.9. The van der Waals surface area contributed by atoms with E-state index in [9.17, 15) is 0 Å². The minimum absolute atomic E-state index is 0.852. The molecule has 1 aliphatic rings. The van der Waals surface area contributed by atoms with Gasteiger partial charge in [0, 0.05) is 42.3 Å². The van der Waals surface area contributed by atoms with E-state index in [-0.39, 0.29) is 0 Å². The lowest BCUT2D eigenvalue weighted by atomic mass is 10.0. The van der Waals surface area contributed by atoms with Crippen molar-refractivity contribution in [1.29, 1.82) is 0 Å². The molecule has 1 aliphatic heterocycles. The maximum absolute atomic E-state index is 5.94. The second-order valence-corrected chi connectivity index (χ2v) is 8.07. The Kier molecular flexibility index (Phi) is 4.61. The summed E-state index contributed by atoms with van der Waals surface area (Å²) in [6.45, 7) is 3.02. The van der Waals surface area contributed by atoms with Crippen LogP contribution in [0.15, 0.2) is 72.9 Å². The number of fused-ring (bicyclic) bond motifs is 2. The van der Waals surface area contributed by atoms with Crippen LogP contribution in [0, 0.1) is 0 Å². The van der Waals surface area contributed by atoms with Gasteiger partial charge in [0.15, 0.2) is 0 Å². The summed E-state index contributed by atoms with van der Waals surface area (Å²) in [5.74, 6) is 0. The van der Waals surface area contributed by atoms with Crippen molar-refractivity contribution in [2.24, 2.45) is 0 Å². The molecule has 1 aromatic heterocycles. The summed E-state index contributed by atoms with van der Waals surface area (Å²) in [5, 5.41) is 3.88. The quantitative estimate of drug-likeness (QED) is 0.400. The summed E-state index contributed by atoms with van der Waals surface area (Å²) >= 11 is 5.94. The summed E-state index contributed by atoms with van der Waals surface area (Å²) in [7, 11) is 0. The molecule has 0 aliphatic carbocycles. The van der Waals surface area contributed by atoms with Gasteiger partial charge in [0.1, 0.15) is 4.99 Å². The zero-order chi connectivity index (χ0) is 18.9. The van der Waals surface area contributed by atoms with Gasteiger partial charge in [-0.05, 0) is 41.7 Å². The number of rotatable bonds is 3. The second kappa shape index (κ2) is 7.40. The summed E-state index contributed by atoms with van der Waals surface area (Å²) in [4.78, 5) is 3.40. The molecule has 3 aromatic carbocycles. The molecule has 1 fully saturated rings. The highest BCUT2D eigenvalue weighted by atomic mass is 32.1. The molecular weight excluding hydrogens is 360 g/mol. The highest BCUT2D eigenvalue weighted by Crippen LogP contribution is 2.27. The molecule has 4 aromatic rings. The lowest BCUT2D eigenvalue weighted by molar-refractivity contribution is 0.348. The normalized spacial score (nSPS) is 14.6. The molecule has 0 N–H and O–H groups in total. The second-order valence-electron chi connectivity index (χ2n) is 7.68. The fourth-order valence-electron chi connectivity index (χ4n) is 4.43. The zero-order valence-corrected chi connectivity index (χ0v) is 16.8. The van der Waals surface area contributed by atoms with Gasteiger partial charge in [-0.2, -0.15) is 0 Å². The number of nitrogens with zero attached hydrogens (tertiary/aromatic N) is 2. The Morgan fingerprint density at radius 2 is 1.50 bits per heavy atom. The monoisotopic (exact) mass is 384 g/mol. The van der Waals surface area contributed by atoms with E-state index >= 15 is 0 Å². The first-order chi connectivity index (χ1) is 13.8. The van der Waals surface area contributed by atoms with Crippen LogP contribution >= 0.6 is 12.2 Å². The summed E-state index contributed by atoms with van der Waals surface area (Å²) in [5.41, 5.74) is 3.80. The van der Waals surface area contributed by atoms with E-state index in [4.69, 9.17) is 12.2 Å². The first kappa shape index (κ1) is 17.4. The van der Waals surface area contributed by atoms with Crippen molar-refractivity contribution in [3.8, 4) is 0 Å². The molecule has 0 radical (unpaired) electrons. The Hall–Kier alpha value is -2.65. The van der Waals surface area contributed by atoms with Crippen molar-refractivity contribution in [3.63, 3.8) is 0 Å². The van der Waals surface area contributed by atoms with Crippen LogP contribution in [0.4, 0.5) is 0 Å². The van der Waals surface area contributed by atoms with Gasteiger partial charge in [-0.1, -0.05) is 72.9 Å². The molecule has 0 atom stereocenters. The Labute approximate surface area is 171 Å². The number of hydrogen-bond acceptors (Lipinski definition) is 1. The largest absolute Gasteiger partial charge is 0.362 e. The lowest BCUT2D eigenvalue weighted by Crippen LogP contribution is -2.34. The van der Waals surface area contributed by atoms with Crippen LogP contribution in [0.2, 0.25) is 0 Å². The molecule has 28 heavy (non-hydrogen) atoms. The standard InChI is InChI=1S/C25H24N2S/c28-25(26-15-6-1-7-16-26)23-18-27(24-14-5-4-13-22(23)24)17-20-11-8-10-19-9-2-3-12-21(19)20/h2-5,8-14,18H,1,6-7,15-17H2. The Bertz CT molecular complexity index is 1150. The van der Waals surface area contributed by atoms with Crippen molar-refractivity contribution in [2.45, 2.75) is 25.8 Å². The van der Waals surface area contributed by atoms with Gasteiger partial charge in [-0.25, -0.2) is 0 Å². The van der Waals surface area contributed by atoms with Gasteiger partial charge in [-0.15, -0.1) is 0 Å². The molecule has 2 heterocycles. The predicted octanol–water partition coefficient (Wildman–Crippen LogP) is 6.00. The Balaban J connectivity index is 1.57. The van der Waals surface area contributed by atoms with Gasteiger partial charge >= 0.3 is 0 Å². The van der Waals surface area contributed by atoms with E-state index in [0.717, 1.165) is 24.6 Å². The molecule has 5 rings (SSSR count). The van der Waals surface area contributed by atoms with E-state index in [1.807, 2.05) is 0 Å². The number of hydrogen-bond donors (Lipinski definition) is 0. The first-order valence-electron chi connectivity index (χ1n) is 10.1. The minimum atomic E-state index is 0.852. The van der Waals surface area contributed by atoms with Crippen LogP contribution in [0.5, 0.6) is 0 Å². The number of aromatic nitrogens is 1. The van der Waals surface area contributed by atoms with E-state index < -0.39 is 0 Å². The third-order valence-electron chi connectivity index (χ3n) is 5.88. The van der Waals surface area contributed by atoms with Crippen LogP contribution in [0.25, 0.3) is 21.7 Å². The number of thiocarbonyl (C=S) groups is 1. The molecule has 0 unspecified atom stereocenters. The number of piperidine rings is 1. The van der Waals surface area contributed by atoms with E-state index in [0.29, 0.717) is 0 Å². The van der Waals surface area contributed by atoms with E-state index in [1.165, 1.54) is 52.1 Å². The lowest BCUT2D eigenvalue weighted by Gasteiger charge is -2.28. The third-order valence-corrected chi connectivity index (χ3v) is 6.36. The van der Waals surface area contributed by atoms with Crippen LogP contribution in [-0.4, -0.2) is 27.5 Å². The highest BCUT2D eigenvalue weighted by Gasteiger charge is 2.19. The number of para-hydroxylation sites is 1. The van der Waals surface area contributed by atoms with Gasteiger partial charge in [0.2, 0.25) is 0 Å². The van der Waals surface area contributed by atoms with Gasteiger partial charge < -0.3 is 9.47 Å². The molecule has 2 nitrogen and oxygen atoms in total. The molecule has 0 amide bonds. The maximum Gasteiger partial charge on any atom is 0.111 e. The zero-order valence-electron chi connectivity index (χ0n) is 16.0. The van der Waals surface area contributed by atoms with Crippen molar-refractivity contribution in [2.75, 3.05) is 13.1 Å². The van der Waals surface area contributed by atoms with Crippen LogP contribution in [-0.2, 0) is 6.54 Å². The molecule has 0 saturated carbocycles. The molecule has 0 spiro atoms. The minimum Gasteiger partial charge on any atom is -0.362 e. The molecular formula is C25H24N2S. The van der Waals surface area contributed by atoms with Crippen molar-refractivity contribution in [1.82, 2.24) is 9.47 Å². The molecule has 3 heteroatoms. The molecule has 1 saturated heterocycles. The van der Waals surface area contributed by atoms with Crippen molar-refractivity contribution in [3.05, 3.63) is 84.1 Å². The number of benzene rings is 3. The molecule has 0 bridgehead atoms. The fourth-order valence-corrected chi connectivity index (χ4v) is 4.77. The maximum atomic E-state index is 5.94. The van der Waals surface area contributed by atoms with E-state index in [2.05, 4.69) is 82.4 Å². The average molecular weight is 385 g/mol. The van der Waals surface area contributed by atoms with Crippen LogP contribution < -0.4 is 0 Å². The van der Waals surface area contributed by atoms with Gasteiger partial charge in [-0.3, -0.25) is 0 Å². The summed E-state index contributed by atoms with van der Waals surface area (Å²) in [6.07, 6.45) is 6.08. The topological polar surface area (TPSA) is 8.17 Å². The fraction of sp³-hybridized carbons (Fsp3) is 0.240. The SMILES string of the molecule is S=C(c1cn(Cc2cccc3ccccc23)c2ccccc12)N1CCCCC1. The van der Waals surface area contributed by atoms with Crippen LogP contribution in [0.3, 0.4) is 0 Å². The van der Waals surface area contributed by atoms with Crippen molar-refractivity contribution < 1.29 is 0 Å².